The van der Waals surface area contributed by atoms with E-state index in [-0.39, 0.29) is 17.2 Å². The zero-order valence-electron chi connectivity index (χ0n) is 17.8. The zero-order valence-corrected chi connectivity index (χ0v) is 19.3. The Kier molecular flexibility index (Phi) is 6.63. The average molecular weight is 464 g/mol. The van der Waals surface area contributed by atoms with Crippen LogP contribution in [0.15, 0.2) is 76.7 Å². The quantitative estimate of drug-likeness (QED) is 0.320. The topological polar surface area (TPSA) is 64.0 Å². The number of fused-ring (bicyclic) bond motifs is 1. The van der Waals surface area contributed by atoms with Gasteiger partial charge in [-0.25, -0.2) is 4.98 Å². The molecule has 0 aliphatic heterocycles. The molecule has 1 heterocycles. The number of nitrogens with zero attached hydrogens (tertiary/aromatic N) is 2. The second-order valence-corrected chi connectivity index (χ2v) is 8.85. The average Bonchev–Trinajstić information content (AvgIpc) is 2.79. The number of benzene rings is 3. The number of thioether (sulfide) groups is 1. The van der Waals surface area contributed by atoms with Crippen LogP contribution in [0.4, 0.5) is 0 Å². The van der Waals surface area contributed by atoms with E-state index >= 15 is 0 Å². The molecule has 0 radical (unpaired) electrons. The molecule has 1 aromatic heterocycles. The number of aryl methyl sites for hydroxylation is 1. The van der Waals surface area contributed by atoms with Gasteiger partial charge in [-0.05, 0) is 60.9 Å². The van der Waals surface area contributed by atoms with Crippen molar-refractivity contribution in [3.8, 4) is 5.69 Å². The fourth-order valence-electron chi connectivity index (χ4n) is 3.43. The molecular formula is C25H22ClN3O2S. The molecule has 1 amide bonds. The summed E-state index contributed by atoms with van der Waals surface area (Å²) in [4.78, 5) is 30.6. The molecule has 32 heavy (non-hydrogen) atoms. The van der Waals surface area contributed by atoms with Gasteiger partial charge in [0, 0.05) is 11.6 Å². The van der Waals surface area contributed by atoms with Crippen LogP contribution in [0.2, 0.25) is 5.02 Å². The number of rotatable bonds is 6. The SMILES string of the molecule is Cc1cccc(-n2c(SCC(=O)NCc3cccc(Cl)c3)nc3ccccc3c2=O)c1C. The number of carbonyl (C=O) groups excluding carboxylic acids is 1. The van der Waals surface area contributed by atoms with Gasteiger partial charge in [0.05, 0.1) is 22.3 Å². The summed E-state index contributed by atoms with van der Waals surface area (Å²) >= 11 is 7.25. The van der Waals surface area contributed by atoms with Crippen molar-refractivity contribution in [2.75, 3.05) is 5.75 Å². The van der Waals surface area contributed by atoms with E-state index in [9.17, 15) is 9.59 Å². The summed E-state index contributed by atoms with van der Waals surface area (Å²) in [5, 5.41) is 4.55. The van der Waals surface area contributed by atoms with E-state index in [1.165, 1.54) is 11.8 Å². The first-order chi connectivity index (χ1) is 15.4. The van der Waals surface area contributed by atoms with Gasteiger partial charge >= 0.3 is 0 Å². The van der Waals surface area contributed by atoms with E-state index in [1.807, 2.05) is 68.4 Å². The summed E-state index contributed by atoms with van der Waals surface area (Å²) < 4.78 is 1.61. The lowest BCUT2D eigenvalue weighted by molar-refractivity contribution is -0.118. The number of hydrogen-bond donors (Lipinski definition) is 1. The van der Waals surface area contributed by atoms with E-state index in [1.54, 1.807) is 16.7 Å². The van der Waals surface area contributed by atoms with E-state index < -0.39 is 0 Å². The third-order valence-electron chi connectivity index (χ3n) is 5.27. The fourth-order valence-corrected chi connectivity index (χ4v) is 4.48. The predicted octanol–water partition coefficient (Wildman–Crippen LogP) is 5.06. The highest BCUT2D eigenvalue weighted by molar-refractivity contribution is 7.99. The molecule has 3 aromatic carbocycles. The molecule has 0 unspecified atom stereocenters. The smallest absolute Gasteiger partial charge is 0.266 e. The van der Waals surface area contributed by atoms with Gasteiger partial charge in [0.1, 0.15) is 0 Å². The molecule has 1 N–H and O–H groups in total. The van der Waals surface area contributed by atoms with Gasteiger partial charge in [0.15, 0.2) is 5.16 Å². The zero-order chi connectivity index (χ0) is 22.7. The van der Waals surface area contributed by atoms with Gasteiger partial charge in [-0.2, -0.15) is 0 Å². The number of hydrogen-bond acceptors (Lipinski definition) is 4. The second kappa shape index (κ2) is 9.59. The Morgan fingerprint density at radius 3 is 2.66 bits per heavy atom. The molecule has 0 aliphatic carbocycles. The Morgan fingerprint density at radius 2 is 1.84 bits per heavy atom. The van der Waals surface area contributed by atoms with E-state index in [4.69, 9.17) is 16.6 Å². The Bertz CT molecular complexity index is 1370. The minimum Gasteiger partial charge on any atom is -0.351 e. The molecule has 0 fully saturated rings. The van der Waals surface area contributed by atoms with Crippen LogP contribution in [0.25, 0.3) is 16.6 Å². The highest BCUT2D eigenvalue weighted by Gasteiger charge is 2.16. The van der Waals surface area contributed by atoms with Crippen molar-refractivity contribution < 1.29 is 4.79 Å². The summed E-state index contributed by atoms with van der Waals surface area (Å²) in [6.07, 6.45) is 0. The van der Waals surface area contributed by atoms with Crippen LogP contribution in [0, 0.1) is 13.8 Å². The van der Waals surface area contributed by atoms with Gasteiger partial charge in [-0.1, -0.05) is 59.8 Å². The van der Waals surface area contributed by atoms with Crippen LogP contribution in [-0.2, 0) is 11.3 Å². The second-order valence-electron chi connectivity index (χ2n) is 7.47. The molecule has 162 valence electrons. The van der Waals surface area contributed by atoms with Gasteiger partial charge in [-0.15, -0.1) is 0 Å². The first-order valence-corrected chi connectivity index (χ1v) is 11.5. The predicted molar refractivity (Wildman–Crippen MR) is 131 cm³/mol. The molecule has 0 saturated heterocycles. The molecular weight excluding hydrogens is 442 g/mol. The molecule has 4 rings (SSSR count). The summed E-state index contributed by atoms with van der Waals surface area (Å²) in [6, 6.07) is 20.5. The molecule has 4 aromatic rings. The minimum absolute atomic E-state index is 0.135. The number of aromatic nitrogens is 2. The lowest BCUT2D eigenvalue weighted by Gasteiger charge is -2.16. The number of nitrogens with one attached hydrogen (secondary N) is 1. The van der Waals surface area contributed by atoms with E-state index in [0.717, 1.165) is 22.4 Å². The maximum absolute atomic E-state index is 13.4. The number of carbonyl (C=O) groups is 1. The minimum atomic E-state index is -0.148. The van der Waals surface area contributed by atoms with Gasteiger partial charge < -0.3 is 5.32 Å². The van der Waals surface area contributed by atoms with Crippen LogP contribution in [0.1, 0.15) is 16.7 Å². The Labute approximate surface area is 195 Å². The number of amides is 1. The first-order valence-electron chi connectivity index (χ1n) is 10.2. The van der Waals surface area contributed by atoms with Crippen molar-refractivity contribution in [1.82, 2.24) is 14.9 Å². The Balaban J connectivity index is 1.63. The molecule has 0 spiro atoms. The standard InChI is InChI=1S/C25H22ClN3O2S/c1-16-7-5-12-22(17(16)2)29-24(31)20-10-3-4-11-21(20)28-25(29)32-15-23(30)27-14-18-8-6-9-19(26)13-18/h3-13H,14-15H2,1-2H3,(H,27,30). The largest absolute Gasteiger partial charge is 0.351 e. The molecule has 0 aliphatic rings. The van der Waals surface area contributed by atoms with Crippen molar-refractivity contribution in [3.05, 3.63) is 98.8 Å². The lowest BCUT2D eigenvalue weighted by atomic mass is 10.1. The Morgan fingerprint density at radius 1 is 1.06 bits per heavy atom. The maximum atomic E-state index is 13.4. The van der Waals surface area contributed by atoms with Crippen molar-refractivity contribution in [2.45, 2.75) is 25.5 Å². The summed E-state index contributed by atoms with van der Waals surface area (Å²) in [7, 11) is 0. The number of para-hydroxylation sites is 1. The van der Waals surface area contributed by atoms with Crippen molar-refractivity contribution in [1.29, 1.82) is 0 Å². The summed E-state index contributed by atoms with van der Waals surface area (Å²) in [5.41, 5.74) is 4.24. The van der Waals surface area contributed by atoms with E-state index in [2.05, 4.69) is 5.32 Å². The summed E-state index contributed by atoms with van der Waals surface area (Å²) in [6.45, 7) is 4.38. The van der Waals surface area contributed by atoms with Crippen LogP contribution < -0.4 is 10.9 Å². The molecule has 0 atom stereocenters. The normalized spacial score (nSPS) is 11.0. The molecule has 0 bridgehead atoms. The van der Waals surface area contributed by atoms with Crippen molar-refractivity contribution in [3.63, 3.8) is 0 Å². The van der Waals surface area contributed by atoms with Gasteiger partial charge in [0.25, 0.3) is 5.56 Å². The van der Waals surface area contributed by atoms with E-state index in [0.29, 0.717) is 27.6 Å². The van der Waals surface area contributed by atoms with Crippen LogP contribution in [0.3, 0.4) is 0 Å². The fraction of sp³-hybridized carbons (Fsp3) is 0.160. The van der Waals surface area contributed by atoms with Crippen LogP contribution in [0.5, 0.6) is 0 Å². The van der Waals surface area contributed by atoms with Crippen molar-refractivity contribution >= 4 is 40.2 Å². The highest BCUT2D eigenvalue weighted by Crippen LogP contribution is 2.24. The summed E-state index contributed by atoms with van der Waals surface area (Å²) in [5.74, 6) is -0.0131. The first kappa shape index (κ1) is 22.1. The third-order valence-corrected chi connectivity index (χ3v) is 6.45. The Hall–Kier alpha value is -3.09. The third kappa shape index (κ3) is 4.71. The monoisotopic (exact) mass is 463 g/mol. The molecule has 7 heteroatoms. The lowest BCUT2D eigenvalue weighted by Crippen LogP contribution is -2.26. The van der Waals surface area contributed by atoms with Crippen molar-refractivity contribution in [2.24, 2.45) is 0 Å². The maximum Gasteiger partial charge on any atom is 0.266 e. The molecule has 0 saturated carbocycles. The van der Waals surface area contributed by atoms with Crippen LogP contribution >= 0.6 is 23.4 Å². The van der Waals surface area contributed by atoms with Gasteiger partial charge in [0.2, 0.25) is 5.91 Å². The highest BCUT2D eigenvalue weighted by atomic mass is 35.5. The van der Waals surface area contributed by atoms with Gasteiger partial charge in [-0.3, -0.25) is 14.2 Å². The van der Waals surface area contributed by atoms with Crippen LogP contribution in [-0.4, -0.2) is 21.2 Å². The molecule has 5 nitrogen and oxygen atoms in total. The number of halogens is 1.